The molecule has 16 aliphatic rings. The summed E-state index contributed by atoms with van der Waals surface area (Å²) in [5.41, 5.74) is -18.5. The van der Waals surface area contributed by atoms with Gasteiger partial charge in [-0.2, -0.15) is 0 Å². The average Bonchev–Trinajstić information content (AvgIpc) is 1.48. The number of Topliss-reactive ketones (excluding diaryl/α,β-unsaturated/α-hetero) is 4. The summed E-state index contributed by atoms with van der Waals surface area (Å²) in [6.07, 6.45) is 15.3. The van der Waals surface area contributed by atoms with Crippen molar-refractivity contribution < 1.29 is 152 Å². The van der Waals surface area contributed by atoms with Gasteiger partial charge >= 0.3 is 41.8 Å². The van der Waals surface area contributed by atoms with E-state index in [1.54, 1.807) is 118 Å². The lowest BCUT2D eigenvalue weighted by atomic mass is 9.59. The zero-order valence-corrected chi connectivity index (χ0v) is 84.0. The second-order valence-corrected chi connectivity index (χ2v) is 45.5. The van der Waals surface area contributed by atoms with Gasteiger partial charge in [0, 0.05) is 188 Å². The van der Waals surface area contributed by atoms with Crippen LogP contribution in [0, 0.1) is 116 Å². The number of hydrogen-bond acceptors (Lipinski definition) is 31. The Morgan fingerprint density at radius 3 is 0.934 bits per heavy atom. The maximum atomic E-state index is 13.3. The summed E-state index contributed by atoms with van der Waals surface area (Å²) in [4.78, 5) is 140. The van der Waals surface area contributed by atoms with Gasteiger partial charge in [-0.25, -0.2) is 0 Å². The van der Waals surface area contributed by atoms with Crippen LogP contribution in [0.5, 0.6) is 0 Å². The maximum absolute atomic E-state index is 13.3. The molecule has 137 heavy (non-hydrogen) atoms. The number of fused-ring (bicyclic) bond motifs is 20. The first-order chi connectivity index (χ1) is 63.5. The molecule has 13 N–H and O–H groups in total. The summed E-state index contributed by atoms with van der Waals surface area (Å²) >= 11 is 0. The lowest BCUT2D eigenvalue weighted by molar-refractivity contribution is -0.229. The van der Waals surface area contributed by atoms with E-state index in [0.717, 1.165) is 25.7 Å². The highest BCUT2D eigenvalue weighted by Gasteiger charge is 2.92. The molecule has 0 heterocycles. The third-order valence-electron chi connectivity index (χ3n) is 36.8. The molecule has 0 unspecified atom stereocenters. The smallest absolute Gasteiger partial charge is 0.306 e. The molecule has 0 aromatic rings. The number of hydrogen-bond donors (Lipinski definition) is 13. The van der Waals surface area contributed by atoms with Crippen molar-refractivity contribution in [3.05, 3.63) is 93.2 Å². The molecule has 0 bridgehead atoms. The van der Waals surface area contributed by atoms with Crippen molar-refractivity contribution in [3.63, 3.8) is 0 Å². The molecular weight excluding hydrogens is 1770 g/mol. The molecule has 0 saturated heterocycles. The predicted octanol–water partition coefficient (Wildman–Crippen LogP) is 8.40. The molecule has 760 valence electrons. The highest BCUT2D eigenvalue weighted by molar-refractivity contribution is 6.07. The first-order valence-electron chi connectivity index (χ1n) is 49.6. The fourth-order valence-corrected chi connectivity index (χ4v) is 29.8. The summed E-state index contributed by atoms with van der Waals surface area (Å²) in [5, 5.41) is 149. The van der Waals surface area contributed by atoms with Crippen LogP contribution in [0.1, 0.15) is 262 Å². The summed E-state index contributed by atoms with van der Waals surface area (Å²) in [6, 6.07) is 0. The van der Waals surface area contributed by atoms with Gasteiger partial charge in [0.1, 0.15) is 52.4 Å². The molecule has 8 fully saturated rings. The Hall–Kier alpha value is -7.63. The molecule has 16 rings (SSSR count). The number of esters is 7. The number of aliphatic hydroxyl groups excluding tert-OH is 5. The molecule has 0 aromatic heterocycles. The first-order valence-corrected chi connectivity index (χ1v) is 49.6. The van der Waals surface area contributed by atoms with Crippen molar-refractivity contribution in [1.82, 2.24) is 0 Å². The van der Waals surface area contributed by atoms with E-state index >= 15 is 0 Å². The van der Waals surface area contributed by atoms with Crippen molar-refractivity contribution in [2.75, 3.05) is 26.4 Å². The molecule has 32 atom stereocenters. The van der Waals surface area contributed by atoms with Crippen LogP contribution in [0.2, 0.25) is 0 Å². The van der Waals surface area contributed by atoms with Gasteiger partial charge in [-0.15, -0.1) is 0 Å². The molecule has 16 aliphatic carbocycles. The van der Waals surface area contributed by atoms with E-state index in [2.05, 4.69) is 6.92 Å². The zero-order valence-electron chi connectivity index (χ0n) is 84.0. The number of ether oxygens (including phenoxy) is 7. The number of rotatable bonds is 23. The fraction of sp³-hybridized carbons (Fsp3) is 0.745. The van der Waals surface area contributed by atoms with E-state index in [1.807, 2.05) is 69.2 Å². The normalized spacial score (nSPS) is 43.9. The van der Waals surface area contributed by atoms with Gasteiger partial charge in [-0.1, -0.05) is 192 Å². The minimum Gasteiger partial charge on any atom is -0.461 e. The monoisotopic (exact) mass is 1920 g/mol. The summed E-state index contributed by atoms with van der Waals surface area (Å²) < 4.78 is 41.3. The Morgan fingerprint density at radius 2 is 0.620 bits per heavy atom. The van der Waals surface area contributed by atoms with Crippen LogP contribution in [0.15, 0.2) is 93.2 Å². The molecule has 0 aliphatic heterocycles. The van der Waals surface area contributed by atoms with E-state index in [0.29, 0.717) is 63.8 Å². The molecule has 0 radical (unpaired) electrons. The van der Waals surface area contributed by atoms with Gasteiger partial charge in [0.25, 0.3) is 0 Å². The molecule has 8 saturated carbocycles. The second-order valence-electron chi connectivity index (χ2n) is 45.5. The van der Waals surface area contributed by atoms with Crippen LogP contribution in [-0.2, 0) is 85.9 Å². The van der Waals surface area contributed by atoms with E-state index in [-0.39, 0.29) is 90.2 Å². The average molecular weight is 1920 g/mol. The fourth-order valence-electron chi connectivity index (χ4n) is 29.8. The minimum atomic E-state index is -1.93. The Labute approximate surface area is 802 Å². The van der Waals surface area contributed by atoms with Crippen LogP contribution in [0.4, 0.5) is 0 Å². The van der Waals surface area contributed by atoms with Gasteiger partial charge < -0.3 is 99.5 Å². The van der Waals surface area contributed by atoms with Gasteiger partial charge in [0.05, 0.1) is 54.4 Å². The quantitative estimate of drug-likeness (QED) is 0.0197. The highest BCUT2D eigenvalue weighted by Crippen LogP contribution is 2.82. The highest BCUT2D eigenvalue weighted by atomic mass is 16.6. The van der Waals surface area contributed by atoms with Crippen molar-refractivity contribution >= 4 is 64.9 Å². The van der Waals surface area contributed by atoms with Crippen LogP contribution < -0.4 is 0 Å². The summed E-state index contributed by atoms with van der Waals surface area (Å²) in [6.45, 7) is 39.2. The van der Waals surface area contributed by atoms with Gasteiger partial charge in [-0.05, 0) is 91.5 Å². The van der Waals surface area contributed by atoms with Crippen molar-refractivity contribution in [2.24, 2.45) is 116 Å². The topological polar surface area (TPSA) is 515 Å². The number of aliphatic hydroxyl groups is 13. The molecule has 0 aromatic carbocycles. The zero-order chi connectivity index (χ0) is 102. The van der Waals surface area contributed by atoms with E-state index in [9.17, 15) is 119 Å². The van der Waals surface area contributed by atoms with E-state index in [1.165, 1.54) is 13.8 Å². The lowest BCUT2D eigenvalue weighted by Gasteiger charge is -2.53. The Morgan fingerprint density at radius 1 is 0.343 bits per heavy atom. The third kappa shape index (κ3) is 15.1. The van der Waals surface area contributed by atoms with Gasteiger partial charge in [0.15, 0.2) is 34.3 Å². The van der Waals surface area contributed by atoms with Crippen LogP contribution in [-0.4, -0.2) is 249 Å². The second kappa shape index (κ2) is 36.0. The van der Waals surface area contributed by atoms with Gasteiger partial charge in [0.2, 0.25) is 0 Å². The van der Waals surface area contributed by atoms with Crippen molar-refractivity contribution in [3.8, 4) is 0 Å². The Bertz CT molecular complexity index is 5190. The number of carbonyl (C=O) groups is 11. The molecular formula is C106H150O31. The van der Waals surface area contributed by atoms with Crippen molar-refractivity contribution in [2.45, 2.75) is 354 Å². The third-order valence-corrected chi connectivity index (χ3v) is 36.8. The summed E-state index contributed by atoms with van der Waals surface area (Å²) in [7, 11) is 0. The molecule has 0 spiro atoms. The lowest BCUT2D eigenvalue weighted by Crippen LogP contribution is -2.66. The molecule has 31 heteroatoms. The standard InChI is InChI=1S/C32H48O8.C26H36O8.C24H32O8.C24H34O7/c1-7-9-11-13-24(34)39-28-20(4)31(38)22(16-21(18-33)17-30(37)23(31)15-19(3)27(30)36)26-29(5,6)32(26,28)40-25(35)14-12-10-8-2;1-7-18(28)33-22-14(4)25(32)16(20-23(5,6)26(20,22)34-19(29)8-2)10-15(12-27)11-24(31)17(25)9-13(3)21(24)30;1-11-7-17-22(29,19(11)27)9-15(10-31-13(3)25)8-16-18-21(5,6)24(18,32-14(4)26)20(28)12(2)23(16,17)30;1-6-7-17(26)31-24-18(21(24,4)5)15-9-14(11-25)10-22(29)16(8-12(2)19(22)27)23(15,30)13(3)20(24)28/h15-16,20,22-23,26,28,33,37-38H,7-14,17-18H2,1-6H3;9-10,14,16-17,20,22,27,31-32H,7-8,11-12H2,1-6H3;7-8,12,16-18,20,28-30H,9-10H2,1-6H3;8-9,13,15-16,18,20,25,28-30H,6-7,10-11H2,1-5H3/t20-,22+,23-,26-,28-,30-,31-,32-;14-,16+,17-,20-,22-,24-,25-,26-;12-,16+,17-,18-,20-,22-,23-,24-;13-,15+,16-,18-,20-,22-,23-,24-/m1111/s1. The molecule has 31 nitrogen and oxygen atoms in total. The largest absolute Gasteiger partial charge is 0.461 e. The SMILES string of the molecule is CC(=O)OCC1=C[C@H]2[C@@H]3C(C)(C)[C@]3(OC(C)=O)[C@H](O)[C@@H](C)[C@]2(O)[C@@H]2C=C(C)C(=O)[C@@]2(O)C1.CCC(=O)O[C@@H]1[C@@H](C)[C@@]2(O)[C@@H](C=C(CO)C[C@]3(O)C(=O)C(C)=C[C@@H]23)[C@@H]2C(C)(C)[C@]12OC(=O)CC.CCCC(=O)O[C@@]12[C@H](O)[C@@H](C)[C@@]3(O)[C@@H](C=C(CO)C[C@]4(O)C(=O)C(C)=C[C@@H]34)[C@@H]1C2(C)C.CCCCCC(=O)O[C@@H]1[C@@H](C)[C@@]2(O)[C@@H](C=C(CO)C[C@]3(O)C(=O)C(C)=C[C@@H]23)[C@@H]2C(C)(C)[C@]12OC(=O)CCCCC. The number of ketones is 4. The Balaban J connectivity index is 0.000000155. The van der Waals surface area contributed by atoms with Crippen LogP contribution in [0.25, 0.3) is 0 Å². The molecule has 0 amide bonds. The van der Waals surface area contributed by atoms with Gasteiger partial charge in [-0.3, -0.25) is 52.7 Å². The van der Waals surface area contributed by atoms with E-state index < -0.39 is 267 Å². The maximum Gasteiger partial charge on any atom is 0.306 e. The van der Waals surface area contributed by atoms with E-state index in [4.69, 9.17) is 33.2 Å². The number of carbonyl (C=O) groups excluding carboxylic acids is 11. The Kier molecular flexibility index (Phi) is 28.1. The number of unbranched alkanes of at least 4 members (excludes halogenated alkanes) is 4. The minimum absolute atomic E-state index is 0.0851. The van der Waals surface area contributed by atoms with Crippen LogP contribution >= 0.6 is 0 Å². The predicted molar refractivity (Wildman–Crippen MR) is 494 cm³/mol. The summed E-state index contributed by atoms with van der Waals surface area (Å²) in [5.74, 6) is -16.5. The van der Waals surface area contributed by atoms with Crippen molar-refractivity contribution in [1.29, 1.82) is 0 Å². The first kappa shape index (κ1) is 107. The van der Waals surface area contributed by atoms with Crippen LogP contribution in [0.3, 0.4) is 0 Å².